The van der Waals surface area contributed by atoms with Crippen LogP contribution < -0.4 is 12.4 Å². The van der Waals surface area contributed by atoms with Crippen molar-refractivity contribution in [3.63, 3.8) is 0 Å². The minimum absolute atomic E-state index is 0. The Bertz CT molecular complexity index is 1210. The first-order valence-corrected chi connectivity index (χ1v) is 12.4. The van der Waals surface area contributed by atoms with Gasteiger partial charge in [-0.1, -0.05) is 96.6 Å². The third kappa shape index (κ3) is 9.27. The quantitative estimate of drug-likeness (QED) is 0.273. The molecule has 0 amide bonds. The Labute approximate surface area is 254 Å². The molecule has 2 aromatic carbocycles. The molecule has 39 heavy (non-hydrogen) atoms. The average Bonchev–Trinajstić information content (AvgIpc) is 3.10. The van der Waals surface area contributed by atoms with Gasteiger partial charge in [-0.2, -0.15) is 35.5 Å². The maximum Gasteiger partial charge on any atom is 3.00 e. The van der Waals surface area contributed by atoms with Crippen LogP contribution in [0.25, 0.3) is 11.1 Å². The van der Waals surface area contributed by atoms with Crippen molar-refractivity contribution in [3.8, 4) is 16.9 Å². The minimum Gasteiger partial charge on any atom is -1.00 e. The summed E-state index contributed by atoms with van der Waals surface area (Å²) in [4.78, 5) is 0. The Morgan fingerprint density at radius 3 is 1.31 bits per heavy atom. The van der Waals surface area contributed by atoms with Crippen molar-refractivity contribution >= 4 is 0 Å². The topological polar surface area (TPSA) is 20.2 Å². The van der Waals surface area contributed by atoms with E-state index in [1.54, 1.807) is 18.2 Å². The maximum atomic E-state index is 12.4. The summed E-state index contributed by atoms with van der Waals surface area (Å²) >= 11 is 0. The molecule has 1 radical (unpaired) electrons. The Morgan fingerprint density at radius 1 is 0.667 bits per heavy atom. The zero-order valence-electron chi connectivity index (χ0n) is 24.6. The first kappa shape index (κ1) is 37.0. The van der Waals surface area contributed by atoms with Gasteiger partial charge in [-0.25, -0.2) is 11.1 Å². The van der Waals surface area contributed by atoms with Crippen LogP contribution in [0.5, 0.6) is 5.75 Å². The molecule has 0 fully saturated rings. The van der Waals surface area contributed by atoms with Crippen molar-refractivity contribution in [1.82, 2.24) is 0 Å². The molecule has 2 aliphatic rings. The number of allylic oxidation sites excluding steroid dienone is 8. The van der Waals surface area contributed by atoms with Gasteiger partial charge in [0.25, 0.3) is 0 Å². The number of hydrogen-bond donors (Lipinski definition) is 1. The molecule has 1 nitrogen and oxygen atoms in total. The predicted octanol–water partition coefficient (Wildman–Crippen LogP) is 7.30. The van der Waals surface area contributed by atoms with Gasteiger partial charge in [0.1, 0.15) is 5.75 Å². The van der Waals surface area contributed by atoms with Gasteiger partial charge in [0, 0.05) is 5.56 Å². The zero-order valence-corrected chi connectivity index (χ0v) is 26.9. The number of alkyl halides is 3. The second-order valence-corrected chi connectivity index (χ2v) is 10.8. The van der Waals surface area contributed by atoms with Crippen molar-refractivity contribution in [2.24, 2.45) is 10.8 Å². The molecule has 0 aliphatic heterocycles. The van der Waals surface area contributed by atoms with Crippen LogP contribution in [-0.4, -0.2) is 5.11 Å². The molecule has 1 N–H and O–H groups in total. The van der Waals surface area contributed by atoms with Gasteiger partial charge in [-0.3, -0.25) is 12.2 Å². The number of phenols is 1. The number of aromatic hydroxyl groups is 1. The van der Waals surface area contributed by atoms with Gasteiger partial charge < -0.3 is 17.5 Å². The summed E-state index contributed by atoms with van der Waals surface area (Å²) in [5, 5.41) is 9.57. The second-order valence-electron chi connectivity index (χ2n) is 10.8. The van der Waals surface area contributed by atoms with Gasteiger partial charge in [0.2, 0.25) is 0 Å². The Balaban J connectivity index is 0.000000573. The van der Waals surface area contributed by atoms with Gasteiger partial charge in [-0.15, -0.1) is 13.8 Å². The summed E-state index contributed by atoms with van der Waals surface area (Å²) < 4.78 is 37.1. The van der Waals surface area contributed by atoms with E-state index < -0.39 is 11.7 Å². The zero-order chi connectivity index (χ0) is 28.3. The Morgan fingerprint density at radius 2 is 1.05 bits per heavy atom. The summed E-state index contributed by atoms with van der Waals surface area (Å²) in [7, 11) is 0. The number of rotatable bonds is 1. The van der Waals surface area contributed by atoms with E-state index in [4.69, 9.17) is 0 Å². The summed E-state index contributed by atoms with van der Waals surface area (Å²) in [5.74, 6) is 0.0484. The van der Waals surface area contributed by atoms with E-state index in [1.807, 2.05) is 0 Å². The first-order valence-electron chi connectivity index (χ1n) is 12.4. The Kier molecular flexibility index (Phi) is 13.3. The van der Waals surface area contributed by atoms with Gasteiger partial charge in [-0.05, 0) is 23.8 Å². The standard InChI is InChI=1S/C13H9F3O.2C10H15.ClH.Ti/c14-13(15,16)10-7-5-9(6-8-10)11-3-1-2-4-12(11)17;2*1-7-6-10(4,5)9(3)8(7)2;;/h1-8,17H;2*1-5H3;1H;/q;2*-1;;+3/p-1. The number of phenolic OH excluding ortho intramolecular Hbond substituents is 1. The summed E-state index contributed by atoms with van der Waals surface area (Å²) in [6, 6.07) is 11.2. The molecule has 0 heterocycles. The largest absolute Gasteiger partial charge is 3.00 e. The molecule has 0 bridgehead atoms. The van der Waals surface area contributed by atoms with Crippen molar-refractivity contribution in [2.75, 3.05) is 0 Å². The fourth-order valence-electron chi connectivity index (χ4n) is 4.37. The van der Waals surface area contributed by atoms with Crippen LogP contribution in [0.2, 0.25) is 0 Å². The van der Waals surface area contributed by atoms with Crippen molar-refractivity contribution in [1.29, 1.82) is 0 Å². The van der Waals surface area contributed by atoms with Gasteiger partial charge in [0.15, 0.2) is 0 Å². The van der Waals surface area contributed by atoms with Crippen molar-refractivity contribution in [3.05, 3.63) is 99.7 Å². The minimum atomic E-state index is -4.34. The molecule has 0 saturated carbocycles. The third-order valence-corrected chi connectivity index (χ3v) is 7.55. The molecule has 0 aromatic heterocycles. The van der Waals surface area contributed by atoms with Crippen molar-refractivity contribution in [2.45, 2.75) is 75.4 Å². The fraction of sp³-hybridized carbons (Fsp3) is 0.394. The van der Waals surface area contributed by atoms with Gasteiger partial charge >= 0.3 is 27.9 Å². The van der Waals surface area contributed by atoms with E-state index in [1.165, 1.54) is 51.6 Å². The number of benzene rings is 2. The molecule has 0 unspecified atom stereocenters. The Hall–Kier alpha value is -2.01. The second kappa shape index (κ2) is 14.1. The normalized spacial score (nSPS) is 17.1. The fourth-order valence-corrected chi connectivity index (χ4v) is 4.37. The maximum absolute atomic E-state index is 12.4. The molecule has 0 atom stereocenters. The molecule has 209 valence electrons. The molecule has 2 aliphatic carbocycles. The SMILES string of the molecule is CC1=[C-]C(C)(C)C(C)=C1C.CC1=[C-]C(C)(C)C(C)=C1C.Oc1ccccc1-c1ccc(C(F)(F)F)cc1.[Cl-].[Ti+3]. The molecule has 0 spiro atoms. The van der Waals surface area contributed by atoms with Crippen LogP contribution in [0.4, 0.5) is 13.2 Å². The van der Waals surface area contributed by atoms with Crippen molar-refractivity contribution < 1.29 is 52.4 Å². The molecule has 6 heteroatoms. The monoisotopic (exact) mass is 591 g/mol. The van der Waals surface area contributed by atoms with E-state index >= 15 is 0 Å². The average molecular weight is 592 g/mol. The number of halogens is 4. The van der Waals surface area contributed by atoms with Crippen LogP contribution in [0.15, 0.2) is 82.0 Å². The van der Waals surface area contributed by atoms with Crippen LogP contribution in [0.3, 0.4) is 0 Å². The summed E-state index contributed by atoms with van der Waals surface area (Å²) in [6.45, 7) is 21.8. The molecule has 4 rings (SSSR count). The third-order valence-electron chi connectivity index (χ3n) is 7.55. The summed E-state index contributed by atoms with van der Waals surface area (Å²) in [5.41, 5.74) is 9.16. The molecule has 0 saturated heterocycles. The van der Waals surface area contributed by atoms with E-state index in [-0.39, 0.29) is 50.7 Å². The first-order chi connectivity index (χ1) is 16.9. The van der Waals surface area contributed by atoms with E-state index in [9.17, 15) is 18.3 Å². The number of hydrogen-bond acceptors (Lipinski definition) is 1. The van der Waals surface area contributed by atoms with E-state index in [0.717, 1.165) is 12.1 Å². The van der Waals surface area contributed by atoms with Gasteiger partial charge in [0.05, 0.1) is 5.56 Å². The van der Waals surface area contributed by atoms with Crippen LogP contribution in [0.1, 0.15) is 74.8 Å². The van der Waals surface area contributed by atoms with Crippen LogP contribution >= 0.6 is 0 Å². The van der Waals surface area contributed by atoms with Crippen LogP contribution in [0, 0.1) is 23.0 Å². The smallest absolute Gasteiger partial charge is 1.00 e. The van der Waals surface area contributed by atoms with E-state index in [2.05, 4.69) is 81.4 Å². The number of para-hydroxylation sites is 1. The van der Waals surface area contributed by atoms with Crippen LogP contribution in [-0.2, 0) is 27.9 Å². The summed E-state index contributed by atoms with van der Waals surface area (Å²) in [6.07, 6.45) is 2.53. The predicted molar refractivity (Wildman–Crippen MR) is 148 cm³/mol. The molecular formula is C33H39ClF3OTi. The molecular weight excluding hydrogens is 553 g/mol. The van der Waals surface area contributed by atoms with E-state index in [0.29, 0.717) is 11.1 Å². The molecule has 2 aromatic rings.